The molecule has 2 aromatic rings. The van der Waals surface area contributed by atoms with Crippen LogP contribution in [0, 0.1) is 0 Å². The first-order chi connectivity index (χ1) is 14.7. The first-order valence-corrected chi connectivity index (χ1v) is 10.00. The average Bonchev–Trinajstić information content (AvgIpc) is 2.74. The third-order valence-electron chi connectivity index (χ3n) is 4.94. The summed E-state index contributed by atoms with van der Waals surface area (Å²) in [6.07, 6.45) is -4.34. The Morgan fingerprint density at radius 3 is 2.32 bits per heavy atom. The molecular weight excluding hydrogens is 411 g/mol. The van der Waals surface area contributed by atoms with E-state index < -0.39 is 6.36 Å². The first kappa shape index (κ1) is 22.6. The van der Waals surface area contributed by atoms with E-state index in [2.05, 4.69) is 15.0 Å². The summed E-state index contributed by atoms with van der Waals surface area (Å²) >= 11 is 0. The van der Waals surface area contributed by atoms with Crippen LogP contribution < -0.4 is 10.1 Å². The van der Waals surface area contributed by atoms with Crippen molar-refractivity contribution in [2.45, 2.75) is 26.3 Å². The average molecular weight is 435 g/mol. The molecule has 31 heavy (non-hydrogen) atoms. The maximum absolute atomic E-state index is 12.8. The molecule has 0 saturated carbocycles. The van der Waals surface area contributed by atoms with Gasteiger partial charge < -0.3 is 15.0 Å². The predicted octanol–water partition coefficient (Wildman–Crippen LogP) is 3.89. The van der Waals surface area contributed by atoms with E-state index in [1.807, 2.05) is 0 Å². The van der Waals surface area contributed by atoms with Crippen molar-refractivity contribution in [2.75, 3.05) is 31.5 Å². The lowest BCUT2D eigenvalue weighted by atomic mass is 10.1. The Kier molecular flexibility index (Phi) is 7.17. The standard InChI is InChI=1S/C22H24F3N3O3/c1-2-20(29)26-18-5-3-4-17(14-18)21(30)28-12-10-27(11-13-28)15-16-6-8-19(9-7-16)31-22(23,24)25/h3-9,14H,2,10-13,15H2,1H3,(H,26,29). The number of carbonyl (C=O) groups excluding carboxylic acids is 2. The Morgan fingerprint density at radius 1 is 1.03 bits per heavy atom. The molecule has 2 amide bonds. The van der Waals surface area contributed by atoms with Gasteiger partial charge in [0, 0.05) is 50.4 Å². The molecule has 0 aliphatic carbocycles. The number of piperazine rings is 1. The monoisotopic (exact) mass is 435 g/mol. The van der Waals surface area contributed by atoms with Crippen LogP contribution in [-0.2, 0) is 11.3 Å². The van der Waals surface area contributed by atoms with E-state index in [1.165, 1.54) is 12.1 Å². The van der Waals surface area contributed by atoms with Gasteiger partial charge in [0.05, 0.1) is 0 Å². The number of alkyl halides is 3. The molecule has 166 valence electrons. The lowest BCUT2D eigenvalue weighted by Gasteiger charge is -2.34. The molecule has 0 radical (unpaired) electrons. The lowest BCUT2D eigenvalue weighted by molar-refractivity contribution is -0.274. The summed E-state index contributed by atoms with van der Waals surface area (Å²) in [6.45, 7) is 4.72. The Bertz CT molecular complexity index is 908. The molecule has 0 bridgehead atoms. The number of hydrogen-bond donors (Lipinski definition) is 1. The maximum Gasteiger partial charge on any atom is 0.573 e. The highest BCUT2D eigenvalue weighted by atomic mass is 19.4. The summed E-state index contributed by atoms with van der Waals surface area (Å²) in [6, 6.07) is 12.7. The maximum atomic E-state index is 12.8. The molecule has 3 rings (SSSR count). The van der Waals surface area contributed by atoms with E-state index in [0.29, 0.717) is 50.4 Å². The van der Waals surface area contributed by atoms with E-state index in [9.17, 15) is 22.8 Å². The fraction of sp³-hybridized carbons (Fsp3) is 0.364. The quantitative estimate of drug-likeness (QED) is 0.748. The number of amides is 2. The van der Waals surface area contributed by atoms with Crippen molar-refractivity contribution < 1.29 is 27.5 Å². The molecule has 9 heteroatoms. The molecule has 1 heterocycles. The summed E-state index contributed by atoms with van der Waals surface area (Å²) < 4.78 is 40.6. The number of nitrogens with one attached hydrogen (secondary N) is 1. The van der Waals surface area contributed by atoms with Crippen LogP contribution in [0.15, 0.2) is 48.5 Å². The second-order valence-electron chi connectivity index (χ2n) is 7.24. The Morgan fingerprint density at radius 2 is 1.71 bits per heavy atom. The zero-order valence-corrected chi connectivity index (χ0v) is 17.1. The van der Waals surface area contributed by atoms with Gasteiger partial charge in [-0.1, -0.05) is 25.1 Å². The fourth-order valence-electron chi connectivity index (χ4n) is 3.33. The number of ether oxygens (including phenoxy) is 1. The van der Waals surface area contributed by atoms with Crippen molar-refractivity contribution in [1.29, 1.82) is 0 Å². The van der Waals surface area contributed by atoms with Crippen LogP contribution in [0.1, 0.15) is 29.3 Å². The minimum absolute atomic E-state index is 0.0964. The Labute approximate surface area is 178 Å². The molecule has 6 nitrogen and oxygen atoms in total. The molecule has 2 aromatic carbocycles. The van der Waals surface area contributed by atoms with Crippen molar-refractivity contribution in [1.82, 2.24) is 9.80 Å². The van der Waals surface area contributed by atoms with E-state index >= 15 is 0 Å². The minimum Gasteiger partial charge on any atom is -0.406 e. The first-order valence-electron chi connectivity index (χ1n) is 10.00. The van der Waals surface area contributed by atoms with E-state index in [4.69, 9.17) is 0 Å². The molecular formula is C22H24F3N3O3. The lowest BCUT2D eigenvalue weighted by Crippen LogP contribution is -2.48. The molecule has 1 N–H and O–H groups in total. The molecule has 0 unspecified atom stereocenters. The van der Waals surface area contributed by atoms with Crippen molar-refractivity contribution >= 4 is 17.5 Å². The molecule has 0 atom stereocenters. The summed E-state index contributed by atoms with van der Waals surface area (Å²) in [5.41, 5.74) is 1.98. The van der Waals surface area contributed by atoms with E-state index in [1.54, 1.807) is 48.2 Å². The van der Waals surface area contributed by atoms with Crippen molar-refractivity contribution in [3.8, 4) is 5.75 Å². The van der Waals surface area contributed by atoms with Crippen LogP contribution in [0.5, 0.6) is 5.75 Å². The normalized spacial score (nSPS) is 14.9. The number of benzene rings is 2. The number of hydrogen-bond acceptors (Lipinski definition) is 4. The number of anilines is 1. The molecule has 0 aromatic heterocycles. The van der Waals surface area contributed by atoms with Crippen molar-refractivity contribution in [2.24, 2.45) is 0 Å². The molecule has 1 saturated heterocycles. The fourth-order valence-corrected chi connectivity index (χ4v) is 3.33. The topological polar surface area (TPSA) is 61.9 Å². The van der Waals surface area contributed by atoms with Gasteiger partial charge in [-0.25, -0.2) is 0 Å². The largest absolute Gasteiger partial charge is 0.573 e. The highest BCUT2D eigenvalue weighted by molar-refractivity contribution is 5.97. The Balaban J connectivity index is 1.52. The minimum atomic E-state index is -4.70. The van der Waals surface area contributed by atoms with Crippen molar-refractivity contribution in [3.05, 3.63) is 59.7 Å². The second kappa shape index (κ2) is 9.82. The van der Waals surface area contributed by atoms with Gasteiger partial charge in [0.25, 0.3) is 5.91 Å². The SMILES string of the molecule is CCC(=O)Nc1cccc(C(=O)N2CCN(Cc3ccc(OC(F)(F)F)cc3)CC2)c1. The summed E-state index contributed by atoms with van der Waals surface area (Å²) in [7, 11) is 0. The van der Waals surface area contributed by atoms with Gasteiger partial charge in [0.2, 0.25) is 5.91 Å². The Hall–Kier alpha value is -3.07. The molecule has 0 spiro atoms. The number of nitrogens with zero attached hydrogens (tertiary/aromatic N) is 2. The predicted molar refractivity (Wildman–Crippen MR) is 110 cm³/mol. The van der Waals surface area contributed by atoms with Crippen molar-refractivity contribution in [3.63, 3.8) is 0 Å². The number of halogens is 3. The molecule has 1 aliphatic heterocycles. The highest BCUT2D eigenvalue weighted by Crippen LogP contribution is 2.23. The number of rotatable bonds is 6. The van der Waals surface area contributed by atoms with Gasteiger partial charge in [-0.05, 0) is 35.9 Å². The third kappa shape index (κ3) is 6.71. The zero-order chi connectivity index (χ0) is 22.4. The second-order valence-corrected chi connectivity index (χ2v) is 7.24. The van der Waals surface area contributed by atoms with Gasteiger partial charge in [-0.2, -0.15) is 0 Å². The highest BCUT2D eigenvalue weighted by Gasteiger charge is 2.31. The van der Waals surface area contributed by atoms with Gasteiger partial charge in [0.15, 0.2) is 0 Å². The molecule has 1 fully saturated rings. The summed E-state index contributed by atoms with van der Waals surface area (Å²) in [4.78, 5) is 28.3. The van der Waals surface area contributed by atoms with Gasteiger partial charge >= 0.3 is 6.36 Å². The van der Waals surface area contributed by atoms with Gasteiger partial charge in [-0.15, -0.1) is 13.2 Å². The smallest absolute Gasteiger partial charge is 0.406 e. The summed E-state index contributed by atoms with van der Waals surface area (Å²) in [5, 5.41) is 2.75. The van der Waals surface area contributed by atoms with E-state index in [0.717, 1.165) is 5.56 Å². The number of carbonyl (C=O) groups is 2. The summed E-state index contributed by atoms with van der Waals surface area (Å²) in [5.74, 6) is -0.457. The van der Waals surface area contributed by atoms with Crippen LogP contribution in [0.3, 0.4) is 0 Å². The third-order valence-corrected chi connectivity index (χ3v) is 4.94. The van der Waals surface area contributed by atoms with Crippen LogP contribution >= 0.6 is 0 Å². The van der Waals surface area contributed by atoms with Crippen LogP contribution in [0.4, 0.5) is 18.9 Å². The zero-order valence-electron chi connectivity index (χ0n) is 17.1. The van der Waals surface area contributed by atoms with Crippen LogP contribution in [-0.4, -0.2) is 54.2 Å². The van der Waals surface area contributed by atoms with Crippen LogP contribution in [0.25, 0.3) is 0 Å². The van der Waals surface area contributed by atoms with Gasteiger partial charge in [0.1, 0.15) is 5.75 Å². The van der Waals surface area contributed by atoms with Crippen LogP contribution in [0.2, 0.25) is 0 Å². The van der Waals surface area contributed by atoms with Gasteiger partial charge in [-0.3, -0.25) is 14.5 Å². The molecule has 1 aliphatic rings. The van der Waals surface area contributed by atoms with E-state index in [-0.39, 0.29) is 17.6 Å².